The van der Waals surface area contributed by atoms with Gasteiger partial charge in [0.15, 0.2) is 0 Å². The maximum atomic E-state index is 12.5. The number of halogens is 1. The number of nitrogens with two attached hydrogens (primary N) is 1. The van der Waals surface area contributed by atoms with Crippen LogP contribution in [0.1, 0.15) is 36.9 Å². The van der Waals surface area contributed by atoms with Crippen molar-refractivity contribution in [1.29, 1.82) is 0 Å². The molecule has 106 valence electrons. The number of carbonyl (C=O) groups excluding carboxylic acids is 1. The Hall–Kier alpha value is -0.870. The third-order valence-corrected chi connectivity index (χ3v) is 4.72. The molecule has 1 heterocycles. The number of Topliss-reactive ketones (excluding diaryl/α,β-unsaturated/α-hetero) is 1. The Morgan fingerprint density at radius 1 is 1.47 bits per heavy atom. The van der Waals surface area contributed by atoms with Crippen molar-refractivity contribution in [2.24, 2.45) is 24.6 Å². The summed E-state index contributed by atoms with van der Waals surface area (Å²) in [6.45, 7) is 2.51. The minimum atomic E-state index is 0.106. The third-order valence-electron chi connectivity index (χ3n) is 4.25. The van der Waals surface area contributed by atoms with Gasteiger partial charge in [0, 0.05) is 24.9 Å². The van der Waals surface area contributed by atoms with Crippen LogP contribution in [0.2, 0.25) is 5.15 Å². The molecule has 0 aliphatic heterocycles. The average molecular weight is 284 g/mol. The minimum absolute atomic E-state index is 0.106. The van der Waals surface area contributed by atoms with Crippen LogP contribution in [0.25, 0.3) is 0 Å². The van der Waals surface area contributed by atoms with Crippen LogP contribution in [0.5, 0.6) is 0 Å². The molecule has 19 heavy (non-hydrogen) atoms. The quantitative estimate of drug-likeness (QED) is 0.922. The molecule has 1 fully saturated rings. The van der Waals surface area contributed by atoms with Crippen LogP contribution in [-0.2, 0) is 18.3 Å². The van der Waals surface area contributed by atoms with Gasteiger partial charge >= 0.3 is 0 Å². The molecule has 4 nitrogen and oxygen atoms in total. The van der Waals surface area contributed by atoms with Crippen molar-refractivity contribution >= 4 is 17.4 Å². The van der Waals surface area contributed by atoms with Crippen molar-refractivity contribution in [1.82, 2.24) is 9.78 Å². The third kappa shape index (κ3) is 3.00. The van der Waals surface area contributed by atoms with Crippen molar-refractivity contribution in [2.75, 3.05) is 6.54 Å². The van der Waals surface area contributed by atoms with Crippen LogP contribution >= 0.6 is 11.6 Å². The number of ketones is 1. The van der Waals surface area contributed by atoms with Crippen molar-refractivity contribution in [3.63, 3.8) is 0 Å². The lowest BCUT2D eigenvalue weighted by Crippen LogP contribution is -2.33. The summed E-state index contributed by atoms with van der Waals surface area (Å²) in [6, 6.07) is 0. The molecule has 2 unspecified atom stereocenters. The van der Waals surface area contributed by atoms with Crippen molar-refractivity contribution < 1.29 is 4.79 Å². The number of hydrogen-bond acceptors (Lipinski definition) is 3. The van der Waals surface area contributed by atoms with Crippen LogP contribution in [0.4, 0.5) is 0 Å². The molecule has 2 atom stereocenters. The van der Waals surface area contributed by atoms with E-state index in [2.05, 4.69) is 5.10 Å². The second kappa shape index (κ2) is 6.06. The van der Waals surface area contributed by atoms with Gasteiger partial charge in [-0.15, -0.1) is 0 Å². The Labute approximate surface area is 119 Å². The molecule has 5 heteroatoms. The highest BCUT2D eigenvalue weighted by Gasteiger charge is 2.30. The van der Waals surface area contributed by atoms with E-state index in [-0.39, 0.29) is 11.7 Å². The van der Waals surface area contributed by atoms with Gasteiger partial charge in [0.2, 0.25) is 0 Å². The normalized spacial score (nSPS) is 23.6. The zero-order chi connectivity index (χ0) is 14.0. The van der Waals surface area contributed by atoms with Gasteiger partial charge in [0.05, 0.1) is 5.69 Å². The molecule has 2 rings (SSSR count). The first kappa shape index (κ1) is 14.5. The Kier molecular flexibility index (Phi) is 4.63. The number of aromatic nitrogens is 2. The smallest absolute Gasteiger partial charge is 0.140 e. The summed E-state index contributed by atoms with van der Waals surface area (Å²) in [5.41, 5.74) is 7.51. The summed E-state index contributed by atoms with van der Waals surface area (Å²) in [4.78, 5) is 12.5. The lowest BCUT2D eigenvalue weighted by Gasteiger charge is -2.29. The molecule has 0 aromatic carbocycles. The fraction of sp³-hybridized carbons (Fsp3) is 0.714. The van der Waals surface area contributed by atoms with E-state index in [0.717, 1.165) is 30.5 Å². The zero-order valence-corrected chi connectivity index (χ0v) is 12.4. The summed E-state index contributed by atoms with van der Waals surface area (Å²) >= 11 is 6.19. The summed E-state index contributed by atoms with van der Waals surface area (Å²) < 4.78 is 1.63. The van der Waals surface area contributed by atoms with Crippen LogP contribution in [-0.4, -0.2) is 22.1 Å². The lowest BCUT2D eigenvalue weighted by atomic mass is 9.76. The average Bonchev–Trinajstić information content (AvgIpc) is 2.65. The first-order valence-corrected chi connectivity index (χ1v) is 7.33. The van der Waals surface area contributed by atoms with E-state index in [4.69, 9.17) is 17.3 Å². The predicted octanol–water partition coefficient (Wildman–Crippen LogP) is 2.26. The van der Waals surface area contributed by atoms with E-state index in [1.807, 2.05) is 6.92 Å². The van der Waals surface area contributed by atoms with Gasteiger partial charge in [-0.05, 0) is 32.2 Å². The molecule has 0 spiro atoms. The number of nitrogens with zero attached hydrogens (tertiary/aromatic N) is 2. The van der Waals surface area contributed by atoms with Crippen molar-refractivity contribution in [3.8, 4) is 0 Å². The highest BCUT2D eigenvalue weighted by Crippen LogP contribution is 2.31. The van der Waals surface area contributed by atoms with E-state index in [1.54, 1.807) is 11.7 Å². The van der Waals surface area contributed by atoms with Crippen LogP contribution < -0.4 is 5.73 Å². The van der Waals surface area contributed by atoms with Crippen LogP contribution in [0, 0.1) is 18.8 Å². The topological polar surface area (TPSA) is 60.9 Å². The van der Waals surface area contributed by atoms with Gasteiger partial charge in [-0.1, -0.05) is 24.4 Å². The molecule has 1 aromatic rings. The Bertz CT molecular complexity index is 470. The summed E-state index contributed by atoms with van der Waals surface area (Å²) in [7, 11) is 1.80. The molecule has 1 aliphatic carbocycles. The maximum Gasteiger partial charge on any atom is 0.140 e. The van der Waals surface area contributed by atoms with Gasteiger partial charge in [-0.2, -0.15) is 5.10 Å². The highest BCUT2D eigenvalue weighted by molar-refractivity contribution is 6.30. The molecule has 1 aliphatic rings. The van der Waals surface area contributed by atoms with Crippen molar-refractivity contribution in [2.45, 2.75) is 39.0 Å². The Balaban J connectivity index is 2.11. The first-order chi connectivity index (χ1) is 9.04. The van der Waals surface area contributed by atoms with Gasteiger partial charge in [0.1, 0.15) is 10.9 Å². The predicted molar refractivity (Wildman–Crippen MR) is 76.2 cm³/mol. The molecule has 2 N–H and O–H groups in total. The van der Waals surface area contributed by atoms with Gasteiger partial charge in [0.25, 0.3) is 0 Å². The fourth-order valence-corrected chi connectivity index (χ4v) is 3.34. The van der Waals surface area contributed by atoms with Gasteiger partial charge in [-0.3, -0.25) is 9.48 Å². The van der Waals surface area contributed by atoms with E-state index in [0.29, 0.717) is 24.0 Å². The maximum absolute atomic E-state index is 12.5. The van der Waals surface area contributed by atoms with Crippen LogP contribution in [0.3, 0.4) is 0 Å². The lowest BCUT2D eigenvalue weighted by molar-refractivity contribution is -0.124. The second-order valence-electron chi connectivity index (χ2n) is 5.51. The molecule has 0 amide bonds. The minimum Gasteiger partial charge on any atom is -0.330 e. The summed E-state index contributed by atoms with van der Waals surface area (Å²) in [5, 5.41) is 4.83. The van der Waals surface area contributed by atoms with Gasteiger partial charge < -0.3 is 5.73 Å². The molecular formula is C14H22ClN3O. The van der Waals surface area contributed by atoms with E-state index >= 15 is 0 Å². The Morgan fingerprint density at radius 3 is 2.74 bits per heavy atom. The number of rotatable bonds is 4. The van der Waals surface area contributed by atoms with Crippen molar-refractivity contribution in [3.05, 3.63) is 16.4 Å². The molecule has 1 saturated carbocycles. The standard InChI is InChI=1S/C14H22ClN3O/c1-9-12(14(15)18(2)17-9)7-13(19)11-6-4-3-5-10(11)8-16/h10-11H,3-8,16H2,1-2H3. The van der Waals surface area contributed by atoms with E-state index < -0.39 is 0 Å². The first-order valence-electron chi connectivity index (χ1n) is 6.95. The van der Waals surface area contributed by atoms with Crippen LogP contribution in [0.15, 0.2) is 0 Å². The molecule has 0 bridgehead atoms. The SMILES string of the molecule is Cc1nn(C)c(Cl)c1CC(=O)C1CCCCC1CN. The number of hydrogen-bond donors (Lipinski definition) is 1. The van der Waals surface area contributed by atoms with E-state index in [9.17, 15) is 4.79 Å². The Morgan fingerprint density at radius 2 is 2.16 bits per heavy atom. The monoisotopic (exact) mass is 283 g/mol. The highest BCUT2D eigenvalue weighted by atomic mass is 35.5. The number of carbonyl (C=O) groups is 1. The largest absolute Gasteiger partial charge is 0.330 e. The second-order valence-corrected chi connectivity index (χ2v) is 5.87. The number of aryl methyl sites for hydroxylation is 2. The summed E-state index contributed by atoms with van der Waals surface area (Å²) in [5.74, 6) is 0.722. The zero-order valence-electron chi connectivity index (χ0n) is 11.7. The van der Waals surface area contributed by atoms with Gasteiger partial charge in [-0.25, -0.2) is 0 Å². The summed E-state index contributed by atoms with van der Waals surface area (Å²) in [6.07, 6.45) is 4.76. The molecular weight excluding hydrogens is 262 g/mol. The molecule has 1 aromatic heterocycles. The van der Waals surface area contributed by atoms with E-state index in [1.165, 1.54) is 6.42 Å². The fourth-order valence-electron chi connectivity index (χ4n) is 3.09. The molecule has 0 radical (unpaired) electrons. The molecule has 0 saturated heterocycles.